The van der Waals surface area contributed by atoms with E-state index in [1.54, 1.807) is 18.3 Å². The van der Waals surface area contributed by atoms with Crippen LogP contribution in [-0.2, 0) is 0 Å². The van der Waals surface area contributed by atoms with Gasteiger partial charge in [0.25, 0.3) is 0 Å². The first-order valence-corrected chi connectivity index (χ1v) is 4.79. The lowest BCUT2D eigenvalue weighted by Crippen LogP contribution is -2.08. The Morgan fingerprint density at radius 2 is 2.25 bits per heavy atom. The minimum absolute atomic E-state index is 0.00935. The van der Waals surface area contributed by atoms with Crippen molar-refractivity contribution in [2.75, 3.05) is 12.3 Å². The number of hydrogen-bond acceptors (Lipinski definition) is 5. The molecule has 0 amide bonds. The number of hydrogen-bond donors (Lipinski definition) is 1. The number of benzene rings is 1. The van der Waals surface area contributed by atoms with Crippen LogP contribution in [-0.4, -0.2) is 17.3 Å². The van der Waals surface area contributed by atoms with Gasteiger partial charge in [-0.3, -0.25) is 5.21 Å². The average Bonchev–Trinajstić information content (AvgIpc) is 2.27. The second-order valence-electron chi connectivity index (χ2n) is 3.12. The fourth-order valence-corrected chi connectivity index (χ4v) is 1.69. The van der Waals surface area contributed by atoms with Crippen molar-refractivity contribution in [3.8, 4) is 5.75 Å². The SMILES string of the molecule is COc1cc2ccnc(Cl)c2cc1N([O-])O. The molecular weight excluding hydrogens is 232 g/mol. The van der Waals surface area contributed by atoms with Gasteiger partial charge in [-0.1, -0.05) is 11.6 Å². The first-order valence-electron chi connectivity index (χ1n) is 4.42. The lowest BCUT2D eigenvalue weighted by atomic mass is 10.1. The van der Waals surface area contributed by atoms with Crippen LogP contribution in [0.25, 0.3) is 10.8 Å². The van der Waals surface area contributed by atoms with E-state index in [0.29, 0.717) is 5.39 Å². The lowest BCUT2D eigenvalue weighted by Gasteiger charge is -2.24. The zero-order valence-corrected chi connectivity index (χ0v) is 9.10. The van der Waals surface area contributed by atoms with E-state index in [0.717, 1.165) is 5.39 Å². The van der Waals surface area contributed by atoms with Gasteiger partial charge in [0.05, 0.1) is 12.8 Å². The molecule has 0 aliphatic carbocycles. The summed E-state index contributed by atoms with van der Waals surface area (Å²) < 4.78 is 4.99. The third-order valence-electron chi connectivity index (χ3n) is 2.22. The number of aromatic nitrogens is 1. The molecule has 6 heteroatoms. The summed E-state index contributed by atoms with van der Waals surface area (Å²) in [7, 11) is 1.41. The predicted molar refractivity (Wildman–Crippen MR) is 60.9 cm³/mol. The van der Waals surface area contributed by atoms with Crippen LogP contribution < -0.4 is 9.96 Å². The average molecular weight is 240 g/mol. The van der Waals surface area contributed by atoms with Crippen LogP contribution in [0.5, 0.6) is 5.75 Å². The molecule has 2 rings (SSSR count). The third-order valence-corrected chi connectivity index (χ3v) is 2.52. The molecule has 0 aliphatic rings. The Kier molecular flexibility index (Phi) is 2.82. The molecule has 1 N–H and O–H groups in total. The second kappa shape index (κ2) is 4.13. The summed E-state index contributed by atoms with van der Waals surface area (Å²) in [6.07, 6.45) is 1.55. The van der Waals surface area contributed by atoms with E-state index in [9.17, 15) is 5.21 Å². The largest absolute Gasteiger partial charge is 0.733 e. The van der Waals surface area contributed by atoms with Crippen molar-refractivity contribution < 1.29 is 9.94 Å². The molecule has 0 atom stereocenters. The van der Waals surface area contributed by atoms with Crippen molar-refractivity contribution >= 4 is 28.1 Å². The summed E-state index contributed by atoms with van der Waals surface area (Å²) in [6, 6.07) is 4.77. The van der Waals surface area contributed by atoms with E-state index >= 15 is 0 Å². The summed E-state index contributed by atoms with van der Waals surface area (Å²) in [4.78, 5) is 3.89. The van der Waals surface area contributed by atoms with Crippen molar-refractivity contribution in [2.45, 2.75) is 0 Å². The van der Waals surface area contributed by atoms with Crippen molar-refractivity contribution in [1.82, 2.24) is 4.98 Å². The van der Waals surface area contributed by atoms with Gasteiger partial charge >= 0.3 is 0 Å². The van der Waals surface area contributed by atoms with Crippen LogP contribution in [0, 0.1) is 5.21 Å². The van der Waals surface area contributed by atoms with E-state index in [1.165, 1.54) is 13.2 Å². The van der Waals surface area contributed by atoms with Crippen LogP contribution in [0.3, 0.4) is 0 Å². The Bertz CT molecular complexity index is 531. The molecule has 1 aromatic carbocycles. The number of anilines is 1. The van der Waals surface area contributed by atoms with Crippen molar-refractivity contribution in [3.05, 3.63) is 34.8 Å². The molecular formula is C10H8ClN2O3-. The van der Waals surface area contributed by atoms with Crippen LogP contribution in [0.1, 0.15) is 0 Å². The molecule has 0 aliphatic heterocycles. The molecule has 1 aromatic heterocycles. The fourth-order valence-electron chi connectivity index (χ4n) is 1.47. The standard InChI is InChI=1S/C10H8ClN2O3/c1-16-9-4-6-2-3-12-10(11)7(6)5-8(9)13(14)15/h2-5,14H,1H3/q-1. The zero-order chi connectivity index (χ0) is 11.7. The van der Waals surface area contributed by atoms with Crippen molar-refractivity contribution in [2.24, 2.45) is 0 Å². The van der Waals surface area contributed by atoms with Gasteiger partial charge in [-0.05, 0) is 23.6 Å². The number of pyridine rings is 1. The van der Waals surface area contributed by atoms with Gasteiger partial charge < -0.3 is 15.2 Å². The van der Waals surface area contributed by atoms with Crippen LogP contribution in [0.15, 0.2) is 24.4 Å². The molecule has 0 radical (unpaired) electrons. The molecule has 0 unspecified atom stereocenters. The summed E-state index contributed by atoms with van der Waals surface area (Å²) in [6.45, 7) is 0. The normalized spacial score (nSPS) is 10.5. The summed E-state index contributed by atoms with van der Waals surface area (Å²) in [5, 5.41) is 21.2. The van der Waals surface area contributed by atoms with Crippen LogP contribution in [0.2, 0.25) is 5.15 Å². The number of halogens is 1. The van der Waals surface area contributed by atoms with Crippen LogP contribution in [0.4, 0.5) is 5.69 Å². The number of ether oxygens (including phenoxy) is 1. The van der Waals surface area contributed by atoms with E-state index in [-0.39, 0.29) is 21.8 Å². The number of fused-ring (bicyclic) bond motifs is 1. The Balaban J connectivity index is 2.76. The van der Waals surface area contributed by atoms with Gasteiger partial charge in [0.15, 0.2) is 0 Å². The fraction of sp³-hybridized carbons (Fsp3) is 0.100. The summed E-state index contributed by atoms with van der Waals surface area (Å²) >= 11 is 5.88. The van der Waals surface area contributed by atoms with Gasteiger partial charge in [-0.15, -0.1) is 0 Å². The Hall–Kier alpha value is -1.56. The Morgan fingerprint density at radius 1 is 1.50 bits per heavy atom. The first kappa shape index (κ1) is 10.9. The second-order valence-corrected chi connectivity index (χ2v) is 3.48. The maximum atomic E-state index is 10.9. The minimum atomic E-state index is -0.262. The van der Waals surface area contributed by atoms with Crippen LogP contribution >= 0.6 is 11.6 Å². The van der Waals surface area contributed by atoms with Gasteiger partial charge in [0.2, 0.25) is 0 Å². The summed E-state index contributed by atoms with van der Waals surface area (Å²) in [5.41, 5.74) is -0.00935. The molecule has 0 fully saturated rings. The zero-order valence-electron chi connectivity index (χ0n) is 8.35. The highest BCUT2D eigenvalue weighted by atomic mass is 35.5. The van der Waals surface area contributed by atoms with Crippen molar-refractivity contribution in [3.63, 3.8) is 0 Å². The monoisotopic (exact) mass is 239 g/mol. The molecule has 0 saturated carbocycles. The molecule has 2 aromatic rings. The van der Waals surface area contributed by atoms with Gasteiger partial charge in [-0.25, -0.2) is 4.98 Å². The van der Waals surface area contributed by atoms with Crippen molar-refractivity contribution in [1.29, 1.82) is 0 Å². The number of nitrogens with zero attached hydrogens (tertiary/aromatic N) is 2. The van der Waals surface area contributed by atoms with E-state index < -0.39 is 0 Å². The molecule has 16 heavy (non-hydrogen) atoms. The number of rotatable bonds is 2. The summed E-state index contributed by atoms with van der Waals surface area (Å²) in [5.74, 6) is 0.271. The molecule has 84 valence electrons. The minimum Gasteiger partial charge on any atom is -0.733 e. The Labute approximate surface area is 96.4 Å². The molecule has 0 spiro atoms. The van der Waals surface area contributed by atoms with E-state index in [4.69, 9.17) is 21.5 Å². The van der Waals surface area contributed by atoms with Gasteiger partial charge in [0, 0.05) is 11.6 Å². The molecule has 0 saturated heterocycles. The van der Waals surface area contributed by atoms with Gasteiger partial charge in [0.1, 0.15) is 10.9 Å². The lowest BCUT2D eigenvalue weighted by molar-refractivity contribution is 0.290. The maximum absolute atomic E-state index is 10.9. The topological polar surface area (TPSA) is 68.7 Å². The molecule has 1 heterocycles. The number of methoxy groups -OCH3 is 1. The highest BCUT2D eigenvalue weighted by Crippen LogP contribution is 2.34. The maximum Gasteiger partial charge on any atom is 0.144 e. The predicted octanol–water partition coefficient (Wildman–Crippen LogP) is 2.59. The third kappa shape index (κ3) is 1.76. The smallest absolute Gasteiger partial charge is 0.144 e. The molecule has 5 nitrogen and oxygen atoms in total. The van der Waals surface area contributed by atoms with Gasteiger partial charge in [-0.2, -0.15) is 0 Å². The highest BCUT2D eigenvalue weighted by Gasteiger charge is 2.08. The Morgan fingerprint density at radius 3 is 2.88 bits per heavy atom. The van der Waals surface area contributed by atoms with E-state index in [1.807, 2.05) is 0 Å². The first-order chi connectivity index (χ1) is 7.63. The van der Waals surface area contributed by atoms with E-state index in [2.05, 4.69) is 4.98 Å². The quantitative estimate of drug-likeness (QED) is 0.644. The molecule has 0 bridgehead atoms. The highest BCUT2D eigenvalue weighted by molar-refractivity contribution is 6.34.